The van der Waals surface area contributed by atoms with Crippen LogP contribution in [0.1, 0.15) is 25.8 Å². The van der Waals surface area contributed by atoms with Crippen molar-refractivity contribution in [3.05, 3.63) is 53.8 Å². The average molecular weight is 587 g/mol. The van der Waals surface area contributed by atoms with Gasteiger partial charge in [-0.1, -0.05) is 6.07 Å². The number of aliphatic hydroxyl groups is 2. The fraction of sp³-hybridized carbons (Fsp3) is 0.435. The first kappa shape index (κ1) is 30.1. The molecule has 0 bridgehead atoms. The number of nitrogens with zero attached hydrogens (tertiary/aromatic N) is 1. The molecule has 1 heterocycles. The van der Waals surface area contributed by atoms with Crippen LogP contribution in [-0.4, -0.2) is 61.1 Å². The largest absolute Gasteiger partial charge is 0.427 e. The second-order valence-corrected chi connectivity index (χ2v) is 12.5. The lowest BCUT2D eigenvalue weighted by Gasteiger charge is -2.36. The summed E-state index contributed by atoms with van der Waals surface area (Å²) < 4.78 is 108. The molecule has 3 N–H and O–H groups in total. The van der Waals surface area contributed by atoms with Crippen LogP contribution in [0.5, 0.6) is 0 Å². The van der Waals surface area contributed by atoms with Gasteiger partial charge in [-0.05, 0) is 55.8 Å². The van der Waals surface area contributed by atoms with E-state index in [0.717, 1.165) is 46.4 Å². The number of rotatable bonds is 8. The Hall–Kier alpha value is -2.49. The molecule has 0 spiro atoms. The summed E-state index contributed by atoms with van der Waals surface area (Å²) >= 11 is 0.776. The average Bonchev–Trinajstić information content (AvgIpc) is 2.80. The van der Waals surface area contributed by atoms with Crippen molar-refractivity contribution in [2.75, 3.05) is 17.4 Å². The summed E-state index contributed by atoms with van der Waals surface area (Å²) in [5.41, 5.74) is -7.17. The minimum Gasteiger partial charge on any atom is -0.389 e. The number of fused-ring (bicyclic) bond motifs is 1. The molecule has 0 saturated heterocycles. The highest BCUT2D eigenvalue weighted by atomic mass is 32.2. The SMILES string of the molecule is CC(C)(O)CNC(=O)C[C@H]1CN(S(=O)(=O)c2ccc(F)cc2)c2ccc([C@@](O)(C(F)F)C(F)(F)F)cc2S1. The van der Waals surface area contributed by atoms with E-state index in [0.29, 0.717) is 12.1 Å². The van der Waals surface area contributed by atoms with Crippen LogP contribution < -0.4 is 9.62 Å². The van der Waals surface area contributed by atoms with Crippen molar-refractivity contribution in [1.29, 1.82) is 0 Å². The number of nitrogens with one attached hydrogen (secondary N) is 1. The number of hydrogen-bond acceptors (Lipinski definition) is 6. The number of carbonyl (C=O) groups excluding carboxylic acids is 1. The predicted molar refractivity (Wildman–Crippen MR) is 127 cm³/mol. The van der Waals surface area contributed by atoms with Gasteiger partial charge in [0.1, 0.15) is 5.82 Å². The van der Waals surface area contributed by atoms with E-state index in [-0.39, 0.29) is 35.0 Å². The van der Waals surface area contributed by atoms with Gasteiger partial charge in [0.15, 0.2) is 0 Å². The zero-order valence-electron chi connectivity index (χ0n) is 20.0. The van der Waals surface area contributed by atoms with Gasteiger partial charge in [0.25, 0.3) is 16.4 Å². The van der Waals surface area contributed by atoms with E-state index in [1.165, 1.54) is 13.8 Å². The molecule has 1 amide bonds. The zero-order valence-corrected chi connectivity index (χ0v) is 21.6. The maximum atomic E-state index is 13.5. The molecule has 7 nitrogen and oxygen atoms in total. The van der Waals surface area contributed by atoms with Crippen LogP contribution in [0.4, 0.5) is 32.0 Å². The Morgan fingerprint density at radius 2 is 1.74 bits per heavy atom. The van der Waals surface area contributed by atoms with E-state index in [2.05, 4.69) is 5.32 Å². The molecule has 15 heteroatoms. The standard InChI is InChI=1S/C23H24F6N2O5S2/c1-21(2,33)12-30-19(32)10-15-11-31(38(35,36)16-6-4-14(24)5-7-16)17-8-3-13(9-18(17)37-15)22(34,20(25)26)23(27,28)29/h3-9,15,20,33-34H,10-12H2,1-2H3,(H,30,32)/t15-,22+/m0/s1. The van der Waals surface area contributed by atoms with Crippen molar-refractivity contribution in [1.82, 2.24) is 5.32 Å². The summed E-state index contributed by atoms with van der Waals surface area (Å²) in [5, 5.41) is 21.3. The van der Waals surface area contributed by atoms with Crippen molar-refractivity contribution >= 4 is 33.4 Å². The summed E-state index contributed by atoms with van der Waals surface area (Å²) in [7, 11) is -4.44. The molecule has 38 heavy (non-hydrogen) atoms. The normalized spacial score (nSPS) is 18.2. The van der Waals surface area contributed by atoms with Gasteiger partial charge >= 0.3 is 6.18 Å². The van der Waals surface area contributed by atoms with Gasteiger partial charge in [0.2, 0.25) is 11.5 Å². The quantitative estimate of drug-likeness (QED) is 0.407. The van der Waals surface area contributed by atoms with E-state index in [4.69, 9.17) is 0 Å². The second-order valence-electron chi connectivity index (χ2n) is 9.27. The summed E-state index contributed by atoms with van der Waals surface area (Å²) in [6.45, 7) is 2.38. The van der Waals surface area contributed by atoms with Gasteiger partial charge in [0, 0.05) is 29.7 Å². The highest BCUT2D eigenvalue weighted by molar-refractivity contribution is 8.00. The lowest BCUT2D eigenvalue weighted by Crippen LogP contribution is -2.48. The molecule has 2 atom stereocenters. The molecule has 0 saturated carbocycles. The van der Waals surface area contributed by atoms with Gasteiger partial charge in [-0.25, -0.2) is 21.6 Å². The first-order valence-corrected chi connectivity index (χ1v) is 13.3. The molecule has 2 aromatic carbocycles. The molecule has 0 unspecified atom stereocenters. The fourth-order valence-corrected chi connectivity index (χ4v) is 6.62. The highest BCUT2D eigenvalue weighted by Gasteiger charge is 2.62. The second kappa shape index (κ2) is 10.6. The van der Waals surface area contributed by atoms with Crippen molar-refractivity contribution < 1.29 is 49.8 Å². The molecule has 0 fully saturated rings. The molecule has 1 aliphatic heterocycles. The van der Waals surface area contributed by atoms with Crippen molar-refractivity contribution in [3.8, 4) is 0 Å². The van der Waals surface area contributed by atoms with Crippen LogP contribution in [0.15, 0.2) is 52.3 Å². The number of carbonyl (C=O) groups is 1. The fourth-order valence-electron chi connectivity index (χ4n) is 3.63. The number of sulfonamides is 1. The Labute approximate surface area is 218 Å². The minimum atomic E-state index is -5.76. The molecule has 210 valence electrons. The van der Waals surface area contributed by atoms with Crippen LogP contribution in [0, 0.1) is 5.82 Å². The third-order valence-corrected chi connectivity index (χ3v) is 8.64. The molecule has 0 radical (unpaired) electrons. The number of thioether (sulfide) groups is 1. The molecule has 1 aliphatic rings. The van der Waals surface area contributed by atoms with Gasteiger partial charge in [-0.15, -0.1) is 11.8 Å². The van der Waals surface area contributed by atoms with Crippen LogP contribution in [0.25, 0.3) is 0 Å². The Morgan fingerprint density at radius 1 is 1.13 bits per heavy atom. The summed E-state index contributed by atoms with van der Waals surface area (Å²) in [6.07, 6.45) is -10.4. The summed E-state index contributed by atoms with van der Waals surface area (Å²) in [6, 6.07) is 5.78. The topological polar surface area (TPSA) is 107 Å². The van der Waals surface area contributed by atoms with E-state index < -0.39 is 56.4 Å². The van der Waals surface area contributed by atoms with Crippen LogP contribution >= 0.6 is 11.8 Å². The number of halogens is 6. The Kier molecular flexibility index (Phi) is 8.37. The molecule has 3 rings (SSSR count). The lowest BCUT2D eigenvalue weighted by atomic mass is 9.93. The van der Waals surface area contributed by atoms with Gasteiger partial charge in [-0.2, -0.15) is 13.2 Å². The molecule has 2 aromatic rings. The van der Waals surface area contributed by atoms with E-state index in [9.17, 15) is 49.8 Å². The minimum absolute atomic E-state index is 0.144. The Balaban J connectivity index is 2.07. The number of amides is 1. The summed E-state index contributed by atoms with van der Waals surface area (Å²) in [5.74, 6) is -1.33. The number of alkyl halides is 5. The van der Waals surface area contributed by atoms with Crippen molar-refractivity contribution in [3.63, 3.8) is 0 Å². The predicted octanol–water partition coefficient (Wildman–Crippen LogP) is 3.79. The summed E-state index contributed by atoms with van der Waals surface area (Å²) in [4.78, 5) is 11.9. The molecule has 0 aliphatic carbocycles. The van der Waals surface area contributed by atoms with Gasteiger partial charge in [-0.3, -0.25) is 9.10 Å². The maximum Gasteiger partial charge on any atom is 0.427 e. The monoisotopic (exact) mass is 586 g/mol. The lowest BCUT2D eigenvalue weighted by molar-refractivity contribution is -0.305. The van der Waals surface area contributed by atoms with E-state index in [1.807, 2.05) is 0 Å². The Bertz CT molecular complexity index is 1280. The number of benzene rings is 2. The van der Waals surface area contributed by atoms with Crippen LogP contribution in [0.2, 0.25) is 0 Å². The van der Waals surface area contributed by atoms with Crippen molar-refractivity contribution in [2.24, 2.45) is 0 Å². The Morgan fingerprint density at radius 3 is 2.26 bits per heavy atom. The van der Waals surface area contributed by atoms with Crippen molar-refractivity contribution in [2.45, 2.75) is 59.1 Å². The first-order chi connectivity index (χ1) is 17.4. The molecule has 0 aromatic heterocycles. The third-order valence-electron chi connectivity index (χ3n) is 5.61. The van der Waals surface area contributed by atoms with E-state index >= 15 is 0 Å². The maximum absolute atomic E-state index is 13.5. The molecular weight excluding hydrogens is 562 g/mol. The number of hydrogen-bond donors (Lipinski definition) is 3. The van der Waals surface area contributed by atoms with Crippen LogP contribution in [0.3, 0.4) is 0 Å². The highest BCUT2D eigenvalue weighted by Crippen LogP contribution is 2.48. The zero-order chi connectivity index (χ0) is 28.7. The first-order valence-electron chi connectivity index (χ1n) is 11.0. The van der Waals surface area contributed by atoms with E-state index in [1.54, 1.807) is 0 Å². The number of anilines is 1. The van der Waals surface area contributed by atoms with Gasteiger partial charge < -0.3 is 15.5 Å². The van der Waals surface area contributed by atoms with Crippen LogP contribution in [-0.2, 0) is 20.4 Å². The third kappa shape index (κ3) is 6.21. The molecular formula is C23H24F6N2O5S2. The van der Waals surface area contributed by atoms with Gasteiger partial charge in [0.05, 0.1) is 16.2 Å². The smallest absolute Gasteiger partial charge is 0.389 e.